The molecule has 0 aliphatic carbocycles. The van der Waals surface area contributed by atoms with Gasteiger partial charge < -0.3 is 10.1 Å². The SMILES string of the molecule is CC(OC(=O)C(c1c(F)cccc1F)N(C)C)C(=O)NC(=O)NC(C)(C)C. The van der Waals surface area contributed by atoms with Crippen molar-refractivity contribution < 1.29 is 27.9 Å². The topological polar surface area (TPSA) is 87.7 Å². The first-order chi connectivity index (χ1) is 12.3. The molecule has 0 aromatic heterocycles. The predicted molar refractivity (Wildman–Crippen MR) is 94.8 cm³/mol. The van der Waals surface area contributed by atoms with E-state index < -0.39 is 52.8 Å². The second-order valence-corrected chi connectivity index (χ2v) is 7.27. The maximum Gasteiger partial charge on any atom is 0.328 e. The van der Waals surface area contributed by atoms with Crippen molar-refractivity contribution in [2.75, 3.05) is 14.1 Å². The first-order valence-electron chi connectivity index (χ1n) is 8.27. The molecule has 0 aliphatic heterocycles. The molecule has 2 unspecified atom stereocenters. The molecule has 1 aromatic rings. The van der Waals surface area contributed by atoms with Gasteiger partial charge in [0.1, 0.15) is 17.7 Å². The third kappa shape index (κ3) is 6.59. The van der Waals surface area contributed by atoms with E-state index in [1.807, 2.05) is 5.32 Å². The third-order valence-corrected chi connectivity index (χ3v) is 3.40. The van der Waals surface area contributed by atoms with Gasteiger partial charge in [0.25, 0.3) is 5.91 Å². The van der Waals surface area contributed by atoms with Gasteiger partial charge in [-0.05, 0) is 53.9 Å². The number of likely N-dealkylation sites (N-methyl/N-ethyl adjacent to an activating group) is 1. The summed E-state index contributed by atoms with van der Waals surface area (Å²) in [6, 6.07) is 1.07. The van der Waals surface area contributed by atoms with Crippen LogP contribution >= 0.6 is 0 Å². The van der Waals surface area contributed by atoms with Gasteiger partial charge in [-0.15, -0.1) is 0 Å². The van der Waals surface area contributed by atoms with E-state index in [4.69, 9.17) is 4.74 Å². The molecule has 7 nitrogen and oxygen atoms in total. The third-order valence-electron chi connectivity index (χ3n) is 3.40. The summed E-state index contributed by atoms with van der Waals surface area (Å²) in [6.45, 7) is 6.43. The van der Waals surface area contributed by atoms with E-state index in [0.29, 0.717) is 0 Å². The van der Waals surface area contributed by atoms with E-state index in [1.165, 1.54) is 32.0 Å². The lowest BCUT2D eigenvalue weighted by atomic mass is 10.0. The van der Waals surface area contributed by atoms with Crippen molar-refractivity contribution in [3.8, 4) is 0 Å². The molecular formula is C18H25F2N3O4. The quantitative estimate of drug-likeness (QED) is 0.758. The highest BCUT2D eigenvalue weighted by molar-refractivity contribution is 5.97. The van der Waals surface area contributed by atoms with Gasteiger partial charge in [0.15, 0.2) is 6.10 Å². The van der Waals surface area contributed by atoms with E-state index in [0.717, 1.165) is 12.1 Å². The maximum atomic E-state index is 14.0. The van der Waals surface area contributed by atoms with Crippen LogP contribution in [0, 0.1) is 11.6 Å². The van der Waals surface area contributed by atoms with Crippen molar-refractivity contribution >= 4 is 17.9 Å². The summed E-state index contributed by atoms with van der Waals surface area (Å²) in [7, 11) is 2.89. The monoisotopic (exact) mass is 385 g/mol. The number of esters is 1. The molecule has 0 aliphatic rings. The molecule has 0 spiro atoms. The molecule has 0 bridgehead atoms. The van der Waals surface area contributed by atoms with Crippen LogP contribution in [0.1, 0.15) is 39.3 Å². The van der Waals surface area contributed by atoms with Gasteiger partial charge in [-0.2, -0.15) is 0 Å². The molecule has 3 amide bonds. The Hall–Kier alpha value is -2.55. The Balaban J connectivity index is 2.88. The fourth-order valence-corrected chi connectivity index (χ4v) is 2.24. The number of nitrogens with zero attached hydrogens (tertiary/aromatic N) is 1. The second kappa shape index (κ2) is 8.90. The van der Waals surface area contributed by atoms with Crippen LogP contribution in [0.25, 0.3) is 0 Å². The minimum atomic E-state index is -1.40. The van der Waals surface area contributed by atoms with Crippen LogP contribution in [0.3, 0.4) is 0 Å². The zero-order valence-corrected chi connectivity index (χ0v) is 16.2. The molecule has 0 radical (unpaired) electrons. The van der Waals surface area contributed by atoms with Crippen molar-refractivity contribution in [1.29, 1.82) is 0 Å². The van der Waals surface area contributed by atoms with Crippen LogP contribution in [0.2, 0.25) is 0 Å². The molecule has 150 valence electrons. The number of halogens is 2. The number of benzene rings is 1. The van der Waals surface area contributed by atoms with Gasteiger partial charge in [-0.25, -0.2) is 18.4 Å². The van der Waals surface area contributed by atoms with E-state index in [-0.39, 0.29) is 0 Å². The van der Waals surface area contributed by atoms with Gasteiger partial charge in [0, 0.05) is 5.54 Å². The normalized spacial score (nSPS) is 13.7. The lowest BCUT2D eigenvalue weighted by Crippen LogP contribution is -2.50. The first kappa shape index (κ1) is 22.5. The summed E-state index contributed by atoms with van der Waals surface area (Å²) in [5.74, 6) is -3.71. The molecular weight excluding hydrogens is 360 g/mol. The number of hydrogen-bond donors (Lipinski definition) is 2. The summed E-state index contributed by atoms with van der Waals surface area (Å²) >= 11 is 0. The number of urea groups is 1. The van der Waals surface area contributed by atoms with Crippen LogP contribution < -0.4 is 10.6 Å². The Morgan fingerprint density at radius 3 is 2.07 bits per heavy atom. The van der Waals surface area contributed by atoms with Crippen molar-refractivity contribution in [2.45, 2.75) is 45.4 Å². The Morgan fingerprint density at radius 1 is 1.11 bits per heavy atom. The number of carbonyl (C=O) groups is 3. The number of nitrogens with one attached hydrogen (secondary N) is 2. The number of imide groups is 1. The maximum absolute atomic E-state index is 14.0. The summed E-state index contributed by atoms with van der Waals surface area (Å²) in [5, 5.41) is 4.57. The largest absolute Gasteiger partial charge is 0.451 e. The number of hydrogen-bond acceptors (Lipinski definition) is 5. The smallest absolute Gasteiger partial charge is 0.328 e. The van der Waals surface area contributed by atoms with Crippen molar-refractivity contribution in [3.05, 3.63) is 35.4 Å². The number of ether oxygens (including phenoxy) is 1. The zero-order chi connectivity index (χ0) is 20.9. The fourth-order valence-electron chi connectivity index (χ4n) is 2.24. The minimum Gasteiger partial charge on any atom is -0.451 e. The van der Waals surface area contributed by atoms with E-state index in [2.05, 4.69) is 5.32 Å². The van der Waals surface area contributed by atoms with Crippen LogP contribution in [0.5, 0.6) is 0 Å². The number of carbonyl (C=O) groups excluding carboxylic acids is 3. The summed E-state index contributed by atoms with van der Waals surface area (Å²) in [4.78, 5) is 37.5. The van der Waals surface area contributed by atoms with Crippen LogP contribution in [-0.4, -0.2) is 48.5 Å². The van der Waals surface area contributed by atoms with Gasteiger partial charge in [0.2, 0.25) is 0 Å². The van der Waals surface area contributed by atoms with Crippen molar-refractivity contribution in [1.82, 2.24) is 15.5 Å². The Bertz CT molecular complexity index is 697. The molecule has 2 atom stereocenters. The van der Waals surface area contributed by atoms with E-state index >= 15 is 0 Å². The number of amides is 3. The predicted octanol–water partition coefficient (Wildman–Crippen LogP) is 2.12. The highest BCUT2D eigenvalue weighted by Crippen LogP contribution is 2.26. The summed E-state index contributed by atoms with van der Waals surface area (Å²) in [5.41, 5.74) is -1.05. The second-order valence-electron chi connectivity index (χ2n) is 7.27. The summed E-state index contributed by atoms with van der Waals surface area (Å²) < 4.78 is 33.1. The standard InChI is InChI=1S/C18H25F2N3O4/c1-10(15(24)21-17(26)22-18(2,3)4)27-16(25)14(23(5)6)13-11(19)8-7-9-12(13)20/h7-10,14H,1-6H3,(H2,21,22,24,26). The average Bonchev–Trinajstić information content (AvgIpc) is 2.48. The van der Waals surface area contributed by atoms with Crippen LogP contribution in [-0.2, 0) is 14.3 Å². The molecule has 9 heteroatoms. The fraction of sp³-hybridized carbons (Fsp3) is 0.500. The Labute approximate surface area is 157 Å². The Kier molecular flexibility index (Phi) is 7.41. The van der Waals surface area contributed by atoms with Crippen LogP contribution in [0.4, 0.5) is 13.6 Å². The Morgan fingerprint density at radius 2 is 1.63 bits per heavy atom. The van der Waals surface area contributed by atoms with E-state index in [9.17, 15) is 23.2 Å². The van der Waals surface area contributed by atoms with Crippen molar-refractivity contribution in [2.24, 2.45) is 0 Å². The van der Waals surface area contributed by atoms with E-state index in [1.54, 1.807) is 20.8 Å². The van der Waals surface area contributed by atoms with Crippen molar-refractivity contribution in [3.63, 3.8) is 0 Å². The molecule has 27 heavy (non-hydrogen) atoms. The molecule has 0 saturated heterocycles. The van der Waals surface area contributed by atoms with Gasteiger partial charge in [-0.3, -0.25) is 15.0 Å². The highest BCUT2D eigenvalue weighted by Gasteiger charge is 2.33. The molecule has 1 rings (SSSR count). The lowest BCUT2D eigenvalue weighted by Gasteiger charge is -2.25. The number of rotatable bonds is 5. The molecule has 2 N–H and O–H groups in total. The minimum absolute atomic E-state index is 0.481. The molecule has 0 heterocycles. The summed E-state index contributed by atoms with van der Waals surface area (Å²) in [6.07, 6.45) is -1.35. The van der Waals surface area contributed by atoms with Gasteiger partial charge >= 0.3 is 12.0 Å². The molecule has 0 fully saturated rings. The first-order valence-corrected chi connectivity index (χ1v) is 8.27. The average molecular weight is 385 g/mol. The molecule has 0 saturated carbocycles. The van der Waals surface area contributed by atoms with Gasteiger partial charge in [-0.1, -0.05) is 6.07 Å². The zero-order valence-electron chi connectivity index (χ0n) is 16.2. The van der Waals surface area contributed by atoms with Crippen LogP contribution in [0.15, 0.2) is 18.2 Å². The molecule has 1 aromatic carbocycles. The highest BCUT2D eigenvalue weighted by atomic mass is 19.1. The lowest BCUT2D eigenvalue weighted by molar-refractivity contribution is -0.159. The van der Waals surface area contributed by atoms with Gasteiger partial charge in [0.05, 0.1) is 5.56 Å².